The van der Waals surface area contributed by atoms with Crippen molar-refractivity contribution in [1.82, 2.24) is 9.78 Å². The average Bonchev–Trinajstić information content (AvgIpc) is 2.72. The number of nitrogens with one attached hydrogen (secondary N) is 1. The monoisotopic (exact) mass is 333 g/mol. The Hall–Kier alpha value is -1.24. The summed E-state index contributed by atoms with van der Waals surface area (Å²) in [6, 6.07) is 4.29. The number of hydrogen-bond acceptors (Lipinski definition) is 3. The minimum atomic E-state index is -3.80. The molecule has 1 aromatic heterocycles. The highest BCUT2D eigenvalue weighted by Crippen LogP contribution is 2.27. The Kier molecular flexibility index (Phi) is 4.27. The fourth-order valence-electron chi connectivity index (χ4n) is 1.66. The van der Waals surface area contributed by atoms with Crippen LogP contribution >= 0.6 is 23.2 Å². The first kappa shape index (κ1) is 15.2. The molecule has 2 aromatic rings. The summed E-state index contributed by atoms with van der Waals surface area (Å²) in [6.07, 6.45) is 1.63. The Labute approximate surface area is 127 Å². The Bertz CT molecular complexity index is 741. The number of rotatable bonds is 4. The molecule has 0 aliphatic carbocycles. The second-order valence-electron chi connectivity index (χ2n) is 4.16. The van der Waals surface area contributed by atoms with Gasteiger partial charge in [-0.1, -0.05) is 23.2 Å². The van der Waals surface area contributed by atoms with Crippen LogP contribution in [0.2, 0.25) is 10.0 Å². The third-order valence-corrected chi connectivity index (χ3v) is 4.78. The summed E-state index contributed by atoms with van der Waals surface area (Å²) in [6.45, 7) is 4.29. The lowest BCUT2D eigenvalue weighted by Gasteiger charge is -2.08. The van der Waals surface area contributed by atoms with Gasteiger partial charge in [-0.15, -0.1) is 0 Å². The highest BCUT2D eigenvalue weighted by molar-refractivity contribution is 7.92. The maximum absolute atomic E-state index is 12.3. The summed E-state index contributed by atoms with van der Waals surface area (Å²) in [7, 11) is -3.80. The lowest BCUT2D eigenvalue weighted by molar-refractivity contribution is 0.601. The van der Waals surface area contributed by atoms with E-state index in [0.717, 1.165) is 0 Å². The van der Waals surface area contributed by atoms with Gasteiger partial charge in [-0.2, -0.15) is 5.10 Å². The van der Waals surface area contributed by atoms with Crippen LogP contribution in [0.25, 0.3) is 0 Å². The molecule has 0 spiro atoms. The molecule has 1 aromatic carbocycles. The molecule has 0 fully saturated rings. The quantitative estimate of drug-likeness (QED) is 0.933. The van der Waals surface area contributed by atoms with Crippen molar-refractivity contribution in [1.29, 1.82) is 0 Å². The van der Waals surface area contributed by atoms with E-state index in [9.17, 15) is 8.42 Å². The molecule has 0 saturated heterocycles. The molecule has 0 unspecified atom stereocenters. The normalized spacial score (nSPS) is 11.6. The molecule has 1 N–H and O–H groups in total. The molecule has 5 nitrogen and oxygen atoms in total. The number of aromatic nitrogens is 2. The van der Waals surface area contributed by atoms with Crippen molar-refractivity contribution in [2.45, 2.75) is 25.3 Å². The number of hydrogen-bond donors (Lipinski definition) is 1. The highest BCUT2D eigenvalue weighted by Gasteiger charge is 2.20. The van der Waals surface area contributed by atoms with Gasteiger partial charge >= 0.3 is 0 Å². The van der Waals surface area contributed by atoms with E-state index in [1.165, 1.54) is 18.2 Å². The summed E-state index contributed by atoms with van der Waals surface area (Å²) < 4.78 is 28.8. The molecule has 0 aliphatic rings. The number of aryl methyl sites for hydroxylation is 2. The molecule has 108 valence electrons. The van der Waals surface area contributed by atoms with Gasteiger partial charge in [0.1, 0.15) is 4.90 Å². The topological polar surface area (TPSA) is 64.0 Å². The second-order valence-corrected chi connectivity index (χ2v) is 6.66. The summed E-state index contributed by atoms with van der Waals surface area (Å²) in [5.41, 5.74) is 1.01. The molecule has 20 heavy (non-hydrogen) atoms. The van der Waals surface area contributed by atoms with Crippen molar-refractivity contribution in [3.8, 4) is 0 Å². The van der Waals surface area contributed by atoms with Crippen LogP contribution in [0.5, 0.6) is 0 Å². The SMILES string of the molecule is CCn1cc(NS(=O)(=O)c2cc(Cl)ccc2Cl)c(C)n1. The number of sulfonamides is 1. The van der Waals surface area contributed by atoms with Gasteiger partial charge in [0.25, 0.3) is 10.0 Å². The minimum Gasteiger partial charge on any atom is -0.276 e. The largest absolute Gasteiger partial charge is 0.276 e. The molecule has 0 radical (unpaired) electrons. The lowest BCUT2D eigenvalue weighted by atomic mass is 10.4. The van der Waals surface area contributed by atoms with Crippen molar-refractivity contribution < 1.29 is 8.42 Å². The van der Waals surface area contributed by atoms with Crippen LogP contribution in [0, 0.1) is 6.92 Å². The molecule has 0 bridgehead atoms. The molecule has 8 heteroatoms. The highest BCUT2D eigenvalue weighted by atomic mass is 35.5. The van der Waals surface area contributed by atoms with E-state index in [0.29, 0.717) is 22.9 Å². The molecule has 0 atom stereocenters. The number of anilines is 1. The van der Waals surface area contributed by atoms with Gasteiger partial charge in [0.15, 0.2) is 0 Å². The number of halogens is 2. The molecular formula is C12H13Cl2N3O2S. The third kappa shape index (κ3) is 3.08. The van der Waals surface area contributed by atoms with Gasteiger partial charge in [0.05, 0.1) is 16.4 Å². The van der Waals surface area contributed by atoms with Gasteiger partial charge in [-0.3, -0.25) is 9.40 Å². The Morgan fingerprint density at radius 2 is 2.05 bits per heavy atom. The lowest BCUT2D eigenvalue weighted by Crippen LogP contribution is -2.13. The summed E-state index contributed by atoms with van der Waals surface area (Å²) in [5.74, 6) is 0. The first-order chi connectivity index (χ1) is 9.33. The molecule has 0 aliphatic heterocycles. The molecule has 0 amide bonds. The van der Waals surface area contributed by atoms with Crippen LogP contribution in [0.15, 0.2) is 29.3 Å². The van der Waals surface area contributed by atoms with Gasteiger partial charge in [0, 0.05) is 17.8 Å². The maximum Gasteiger partial charge on any atom is 0.263 e. The first-order valence-electron chi connectivity index (χ1n) is 5.85. The minimum absolute atomic E-state index is 0.0599. The van der Waals surface area contributed by atoms with E-state index in [2.05, 4.69) is 9.82 Å². The summed E-state index contributed by atoms with van der Waals surface area (Å²) in [4.78, 5) is -0.0599. The fourth-order valence-corrected chi connectivity index (χ4v) is 3.53. The zero-order valence-corrected chi connectivity index (χ0v) is 13.2. The van der Waals surface area contributed by atoms with Crippen LogP contribution in [0.4, 0.5) is 5.69 Å². The van der Waals surface area contributed by atoms with Crippen LogP contribution in [0.3, 0.4) is 0 Å². The number of benzene rings is 1. The smallest absolute Gasteiger partial charge is 0.263 e. The fraction of sp³-hybridized carbons (Fsp3) is 0.250. The van der Waals surface area contributed by atoms with E-state index in [1.54, 1.807) is 17.8 Å². The van der Waals surface area contributed by atoms with Gasteiger partial charge in [-0.25, -0.2) is 8.42 Å². The zero-order valence-electron chi connectivity index (χ0n) is 10.9. The van der Waals surface area contributed by atoms with Crippen molar-refractivity contribution in [3.63, 3.8) is 0 Å². The molecule has 1 heterocycles. The zero-order chi connectivity index (χ0) is 14.9. The molecular weight excluding hydrogens is 321 g/mol. The summed E-state index contributed by atoms with van der Waals surface area (Å²) >= 11 is 11.7. The van der Waals surface area contributed by atoms with Crippen molar-refractivity contribution >= 4 is 38.9 Å². The molecule has 2 rings (SSSR count). The number of nitrogens with zero attached hydrogens (tertiary/aromatic N) is 2. The van der Waals surface area contributed by atoms with Gasteiger partial charge < -0.3 is 0 Å². The Morgan fingerprint density at radius 3 is 2.65 bits per heavy atom. The first-order valence-corrected chi connectivity index (χ1v) is 8.09. The van der Waals surface area contributed by atoms with E-state index in [4.69, 9.17) is 23.2 Å². The average molecular weight is 334 g/mol. The van der Waals surface area contributed by atoms with Crippen molar-refractivity contribution in [3.05, 3.63) is 40.1 Å². The van der Waals surface area contributed by atoms with Crippen LogP contribution in [-0.4, -0.2) is 18.2 Å². The van der Waals surface area contributed by atoms with E-state index >= 15 is 0 Å². The predicted octanol–water partition coefficient (Wildman–Crippen LogP) is 3.32. The van der Waals surface area contributed by atoms with E-state index in [-0.39, 0.29) is 9.92 Å². The molecule has 0 saturated carbocycles. The van der Waals surface area contributed by atoms with Gasteiger partial charge in [-0.05, 0) is 32.0 Å². The Balaban J connectivity index is 2.40. The van der Waals surface area contributed by atoms with Crippen LogP contribution in [0.1, 0.15) is 12.6 Å². The van der Waals surface area contributed by atoms with Crippen molar-refractivity contribution in [2.75, 3.05) is 4.72 Å². The predicted molar refractivity (Wildman–Crippen MR) is 79.9 cm³/mol. The van der Waals surface area contributed by atoms with Crippen LogP contribution < -0.4 is 4.72 Å². The van der Waals surface area contributed by atoms with E-state index < -0.39 is 10.0 Å². The third-order valence-electron chi connectivity index (χ3n) is 2.70. The van der Waals surface area contributed by atoms with Crippen LogP contribution in [-0.2, 0) is 16.6 Å². The second kappa shape index (κ2) is 5.63. The van der Waals surface area contributed by atoms with E-state index in [1.807, 2.05) is 6.92 Å². The Morgan fingerprint density at radius 1 is 1.35 bits per heavy atom. The van der Waals surface area contributed by atoms with Gasteiger partial charge in [0.2, 0.25) is 0 Å². The standard InChI is InChI=1S/C12H13Cl2N3O2S/c1-3-17-7-11(8(2)15-17)16-20(18,19)12-6-9(13)4-5-10(12)14/h4-7,16H,3H2,1-2H3. The maximum atomic E-state index is 12.3. The summed E-state index contributed by atoms with van der Waals surface area (Å²) in [5, 5.41) is 4.59. The van der Waals surface area contributed by atoms with Crippen molar-refractivity contribution in [2.24, 2.45) is 0 Å².